The third-order valence-corrected chi connectivity index (χ3v) is 6.41. The van der Waals surface area contributed by atoms with Crippen molar-refractivity contribution in [2.45, 2.75) is 17.4 Å². The Morgan fingerprint density at radius 1 is 1.50 bits per heavy atom. The lowest BCUT2D eigenvalue weighted by Crippen LogP contribution is -2.37. The van der Waals surface area contributed by atoms with E-state index >= 15 is 0 Å². The van der Waals surface area contributed by atoms with Crippen LogP contribution in [0.5, 0.6) is 0 Å². The maximum absolute atomic E-state index is 12.4. The molecule has 0 radical (unpaired) electrons. The van der Waals surface area contributed by atoms with Gasteiger partial charge in [0.25, 0.3) is 0 Å². The molecule has 2 rings (SSSR count). The molecule has 4 nitrogen and oxygen atoms in total. The number of hydrogen-bond donors (Lipinski definition) is 1. The molecule has 1 fully saturated rings. The number of anilines is 1. The second kappa shape index (κ2) is 5.28. The summed E-state index contributed by atoms with van der Waals surface area (Å²) in [6.45, 7) is 0. The molecule has 0 aromatic heterocycles. The third-order valence-electron chi connectivity index (χ3n) is 3.05. The lowest BCUT2D eigenvalue weighted by Gasteiger charge is -2.23. The van der Waals surface area contributed by atoms with E-state index in [-0.39, 0.29) is 16.6 Å². The monoisotopic (exact) mass is 306 g/mol. The second-order valence-electron chi connectivity index (χ2n) is 4.22. The topological polar surface area (TPSA) is 63.4 Å². The minimum absolute atomic E-state index is 0.0510. The smallest absolute Gasteiger partial charge is 0.245 e. The minimum Gasteiger partial charge on any atom is -0.398 e. The van der Waals surface area contributed by atoms with Gasteiger partial charge in [0.1, 0.15) is 4.90 Å². The molecule has 0 aliphatic carbocycles. The molecule has 1 aromatic carbocycles. The maximum atomic E-state index is 12.4. The Balaban J connectivity index is 2.35. The number of rotatable bonds is 3. The van der Waals surface area contributed by atoms with Crippen molar-refractivity contribution >= 4 is 39.1 Å². The number of nitrogen functional groups attached to an aromatic ring is 1. The summed E-state index contributed by atoms with van der Waals surface area (Å²) in [5.41, 5.74) is 5.94. The molecular formula is C11H15ClN2O2S2. The molecular weight excluding hydrogens is 292 g/mol. The lowest BCUT2D eigenvalue weighted by atomic mass is 10.3. The Morgan fingerprint density at radius 2 is 2.22 bits per heavy atom. The molecule has 7 heteroatoms. The highest BCUT2D eigenvalue weighted by Gasteiger charge is 2.31. The number of thioether (sulfide) groups is 1. The van der Waals surface area contributed by atoms with Crippen LogP contribution >= 0.6 is 23.4 Å². The van der Waals surface area contributed by atoms with E-state index in [1.54, 1.807) is 24.9 Å². The van der Waals surface area contributed by atoms with Gasteiger partial charge in [-0.2, -0.15) is 16.1 Å². The molecule has 1 heterocycles. The number of sulfonamides is 1. The predicted molar refractivity (Wildman–Crippen MR) is 76.5 cm³/mol. The number of benzene rings is 1. The number of halogens is 1. The van der Waals surface area contributed by atoms with Crippen molar-refractivity contribution in [1.29, 1.82) is 0 Å². The van der Waals surface area contributed by atoms with Gasteiger partial charge in [-0.1, -0.05) is 11.6 Å². The molecule has 0 bridgehead atoms. The summed E-state index contributed by atoms with van der Waals surface area (Å²) in [7, 11) is -1.92. The average molecular weight is 307 g/mol. The third kappa shape index (κ3) is 2.61. The molecule has 1 saturated heterocycles. The van der Waals surface area contributed by atoms with Gasteiger partial charge in [-0.3, -0.25) is 0 Å². The van der Waals surface area contributed by atoms with E-state index in [0.29, 0.717) is 5.02 Å². The molecule has 2 N–H and O–H groups in total. The van der Waals surface area contributed by atoms with E-state index in [1.807, 2.05) is 0 Å². The fourth-order valence-electron chi connectivity index (χ4n) is 1.91. The summed E-state index contributed by atoms with van der Waals surface area (Å²) in [5.74, 6) is 1.84. The van der Waals surface area contributed by atoms with Crippen molar-refractivity contribution in [3.05, 3.63) is 23.2 Å². The van der Waals surface area contributed by atoms with E-state index in [2.05, 4.69) is 0 Å². The van der Waals surface area contributed by atoms with Crippen LogP contribution in [0.3, 0.4) is 0 Å². The molecule has 0 saturated carbocycles. The zero-order valence-electron chi connectivity index (χ0n) is 9.97. The maximum Gasteiger partial charge on any atom is 0.245 e. The van der Waals surface area contributed by atoms with Crippen molar-refractivity contribution in [1.82, 2.24) is 4.31 Å². The first-order valence-electron chi connectivity index (χ1n) is 5.53. The Hall–Kier alpha value is -0.430. The van der Waals surface area contributed by atoms with Gasteiger partial charge in [0, 0.05) is 23.9 Å². The van der Waals surface area contributed by atoms with Crippen LogP contribution in [0.4, 0.5) is 5.69 Å². The minimum atomic E-state index is -3.53. The second-order valence-corrected chi connectivity index (χ2v) is 7.77. The summed E-state index contributed by atoms with van der Waals surface area (Å²) < 4.78 is 26.3. The zero-order valence-corrected chi connectivity index (χ0v) is 12.4. The van der Waals surface area contributed by atoms with Crippen LogP contribution in [0.25, 0.3) is 0 Å². The van der Waals surface area contributed by atoms with Gasteiger partial charge in [0.05, 0.1) is 5.69 Å². The largest absolute Gasteiger partial charge is 0.398 e. The first kappa shape index (κ1) is 14.0. The molecule has 1 atom stereocenters. The summed E-state index contributed by atoms with van der Waals surface area (Å²) in [6, 6.07) is 4.52. The van der Waals surface area contributed by atoms with Gasteiger partial charge in [-0.05, 0) is 30.4 Å². The van der Waals surface area contributed by atoms with Crippen molar-refractivity contribution in [3.8, 4) is 0 Å². The van der Waals surface area contributed by atoms with Crippen molar-refractivity contribution < 1.29 is 8.42 Å². The SMILES string of the molecule is CN(C1CCSC1)S(=O)(=O)c1ccc(Cl)cc1N. The van der Waals surface area contributed by atoms with Crippen LogP contribution in [-0.2, 0) is 10.0 Å². The molecule has 1 aliphatic rings. The highest BCUT2D eigenvalue weighted by atomic mass is 35.5. The molecule has 0 spiro atoms. The lowest BCUT2D eigenvalue weighted by molar-refractivity contribution is 0.395. The number of nitrogens with two attached hydrogens (primary N) is 1. The Morgan fingerprint density at radius 3 is 2.78 bits per heavy atom. The van der Waals surface area contributed by atoms with E-state index in [1.165, 1.54) is 16.4 Å². The molecule has 18 heavy (non-hydrogen) atoms. The van der Waals surface area contributed by atoms with Gasteiger partial charge in [0.2, 0.25) is 10.0 Å². The molecule has 1 aliphatic heterocycles. The molecule has 1 unspecified atom stereocenters. The molecule has 100 valence electrons. The van der Waals surface area contributed by atoms with Gasteiger partial charge in [-0.25, -0.2) is 8.42 Å². The fourth-order valence-corrected chi connectivity index (χ4v) is 4.94. The van der Waals surface area contributed by atoms with Crippen LogP contribution < -0.4 is 5.73 Å². The number of hydrogen-bond acceptors (Lipinski definition) is 4. The molecule has 0 amide bonds. The first-order chi connectivity index (χ1) is 8.43. The van der Waals surface area contributed by atoms with Crippen LogP contribution in [-0.4, -0.2) is 37.3 Å². The van der Waals surface area contributed by atoms with Crippen molar-refractivity contribution in [2.75, 3.05) is 24.3 Å². The van der Waals surface area contributed by atoms with E-state index in [0.717, 1.165) is 17.9 Å². The summed E-state index contributed by atoms with van der Waals surface area (Å²) in [6.07, 6.45) is 0.883. The van der Waals surface area contributed by atoms with Crippen molar-refractivity contribution in [2.24, 2.45) is 0 Å². The van der Waals surface area contributed by atoms with Crippen LogP contribution in [0.15, 0.2) is 23.1 Å². The normalized spacial score (nSPS) is 20.5. The first-order valence-corrected chi connectivity index (χ1v) is 8.51. The Bertz CT molecular complexity index is 542. The van der Waals surface area contributed by atoms with Gasteiger partial charge >= 0.3 is 0 Å². The highest BCUT2D eigenvalue weighted by Crippen LogP contribution is 2.29. The summed E-state index contributed by atoms with van der Waals surface area (Å²) in [5, 5.41) is 0.436. The van der Waals surface area contributed by atoms with E-state index < -0.39 is 10.0 Å². The van der Waals surface area contributed by atoms with Gasteiger partial charge < -0.3 is 5.73 Å². The quantitative estimate of drug-likeness (QED) is 0.868. The van der Waals surface area contributed by atoms with E-state index in [4.69, 9.17) is 17.3 Å². The number of nitrogens with zero attached hydrogens (tertiary/aromatic N) is 1. The summed E-state index contributed by atoms with van der Waals surface area (Å²) >= 11 is 7.55. The zero-order chi connectivity index (χ0) is 13.3. The summed E-state index contributed by atoms with van der Waals surface area (Å²) in [4.78, 5) is 0.131. The predicted octanol–water partition coefficient (Wildman–Crippen LogP) is 2.05. The van der Waals surface area contributed by atoms with Crippen LogP contribution in [0.1, 0.15) is 6.42 Å². The van der Waals surface area contributed by atoms with Gasteiger partial charge in [0.15, 0.2) is 0 Å². The Kier molecular flexibility index (Phi) is 4.11. The van der Waals surface area contributed by atoms with Crippen LogP contribution in [0.2, 0.25) is 5.02 Å². The fraction of sp³-hybridized carbons (Fsp3) is 0.455. The van der Waals surface area contributed by atoms with E-state index in [9.17, 15) is 8.42 Å². The molecule has 1 aromatic rings. The van der Waals surface area contributed by atoms with Gasteiger partial charge in [-0.15, -0.1) is 0 Å². The Labute approximate surface area is 117 Å². The highest BCUT2D eigenvalue weighted by molar-refractivity contribution is 7.99. The van der Waals surface area contributed by atoms with Crippen LogP contribution in [0, 0.1) is 0 Å². The van der Waals surface area contributed by atoms with Crippen molar-refractivity contribution in [3.63, 3.8) is 0 Å². The average Bonchev–Trinajstić information content (AvgIpc) is 2.80. The standard InChI is InChI=1S/C11H15ClN2O2S2/c1-14(9-4-5-17-7-9)18(15,16)11-3-2-8(12)6-10(11)13/h2-3,6,9H,4-5,7,13H2,1H3.